The molecule has 1 aromatic heterocycles. The van der Waals surface area contributed by atoms with Gasteiger partial charge in [0.15, 0.2) is 0 Å². The van der Waals surface area contributed by atoms with Crippen LogP contribution in [0.15, 0.2) is 11.1 Å². The first-order chi connectivity index (χ1) is 6.15. The van der Waals surface area contributed by atoms with Crippen molar-refractivity contribution in [1.82, 2.24) is 9.97 Å². The Labute approximate surface area is 89.3 Å². The average molecular weight is 289 g/mol. The van der Waals surface area contributed by atoms with Crippen LogP contribution in [0.3, 0.4) is 0 Å². The van der Waals surface area contributed by atoms with Crippen LogP contribution in [0.2, 0.25) is 0 Å². The molecule has 0 spiro atoms. The van der Waals surface area contributed by atoms with Gasteiger partial charge >= 0.3 is 0 Å². The Hall–Kier alpha value is -1.03. The van der Waals surface area contributed by atoms with E-state index in [9.17, 15) is 4.79 Å². The summed E-state index contributed by atoms with van der Waals surface area (Å²) in [5, 5.41) is 2.93. The van der Waals surface area contributed by atoms with Gasteiger partial charge in [0, 0.05) is 0 Å². The fourth-order valence-corrected chi connectivity index (χ4v) is 1.18. The molecule has 1 aromatic rings. The molecule has 0 amide bonds. The number of hydrogen-bond acceptors (Lipinski definition) is 3. The second kappa shape index (κ2) is 4.28. The molecule has 5 heteroatoms. The molecule has 0 aliphatic heterocycles. The molecule has 0 bridgehead atoms. The molecule has 2 N–H and O–H groups in total. The predicted molar refractivity (Wildman–Crippen MR) is 59.5 cm³/mol. The molecular weight excluding hydrogens is 281 g/mol. The van der Waals surface area contributed by atoms with Gasteiger partial charge in [-0.2, -0.15) is 0 Å². The van der Waals surface area contributed by atoms with E-state index in [0.717, 1.165) is 0 Å². The second-order valence-corrected chi connectivity index (χ2v) is 3.51. The summed E-state index contributed by atoms with van der Waals surface area (Å²) in [6.45, 7) is 1.82. The van der Waals surface area contributed by atoms with Crippen LogP contribution in [0.1, 0.15) is 6.92 Å². The van der Waals surface area contributed by atoms with Crippen LogP contribution in [0.4, 0.5) is 5.82 Å². The first-order valence-electron chi connectivity index (χ1n) is 3.61. The lowest BCUT2D eigenvalue weighted by molar-refractivity contribution is 0.988. The molecule has 1 unspecified atom stereocenters. The molecule has 68 valence electrons. The Morgan fingerprint density at radius 2 is 2.54 bits per heavy atom. The molecule has 13 heavy (non-hydrogen) atoms. The molecule has 0 fully saturated rings. The number of nitrogens with one attached hydrogen (secondary N) is 2. The van der Waals surface area contributed by atoms with E-state index in [1.54, 1.807) is 0 Å². The van der Waals surface area contributed by atoms with E-state index in [2.05, 4.69) is 21.2 Å². The highest BCUT2D eigenvalue weighted by Crippen LogP contribution is 2.09. The van der Waals surface area contributed by atoms with Gasteiger partial charge in [-0.1, -0.05) is 5.92 Å². The van der Waals surface area contributed by atoms with Gasteiger partial charge in [0.1, 0.15) is 9.39 Å². The summed E-state index contributed by atoms with van der Waals surface area (Å²) in [7, 11) is 0. The van der Waals surface area contributed by atoms with Crippen molar-refractivity contribution in [2.45, 2.75) is 13.0 Å². The largest absolute Gasteiger partial charge is 0.356 e. The number of terminal acetylenes is 1. The monoisotopic (exact) mass is 289 g/mol. The quantitative estimate of drug-likeness (QED) is 0.625. The van der Waals surface area contributed by atoms with E-state index in [1.807, 2.05) is 29.5 Å². The second-order valence-electron chi connectivity index (χ2n) is 2.43. The molecule has 0 saturated carbocycles. The van der Waals surface area contributed by atoms with Crippen LogP contribution < -0.4 is 10.9 Å². The van der Waals surface area contributed by atoms with Crippen LogP contribution in [0.25, 0.3) is 0 Å². The van der Waals surface area contributed by atoms with Crippen molar-refractivity contribution in [2.24, 2.45) is 0 Å². The zero-order valence-corrected chi connectivity index (χ0v) is 9.12. The first kappa shape index (κ1) is 10.1. The maximum absolute atomic E-state index is 11.1. The minimum atomic E-state index is -0.165. The van der Waals surface area contributed by atoms with Gasteiger partial charge in [-0.3, -0.25) is 4.79 Å². The summed E-state index contributed by atoms with van der Waals surface area (Å²) in [5.74, 6) is 3.02. The number of nitrogens with zero attached hydrogens (tertiary/aromatic N) is 1. The fourth-order valence-electron chi connectivity index (χ4n) is 0.730. The van der Waals surface area contributed by atoms with E-state index in [1.165, 1.54) is 6.33 Å². The van der Waals surface area contributed by atoms with Crippen LogP contribution >= 0.6 is 22.6 Å². The zero-order valence-electron chi connectivity index (χ0n) is 6.97. The number of rotatable bonds is 2. The van der Waals surface area contributed by atoms with Gasteiger partial charge in [-0.15, -0.1) is 6.42 Å². The predicted octanol–water partition coefficient (Wildman–Crippen LogP) is 0.808. The highest BCUT2D eigenvalue weighted by Gasteiger charge is 2.05. The van der Waals surface area contributed by atoms with Crippen molar-refractivity contribution in [3.05, 3.63) is 20.3 Å². The molecule has 1 atom stereocenters. The lowest BCUT2D eigenvalue weighted by Gasteiger charge is -2.08. The minimum absolute atomic E-state index is 0.136. The third-order valence-corrected chi connectivity index (χ3v) is 2.40. The molecular formula is C8H8IN3O. The van der Waals surface area contributed by atoms with Crippen molar-refractivity contribution in [1.29, 1.82) is 0 Å². The first-order valence-corrected chi connectivity index (χ1v) is 4.69. The number of aromatic nitrogens is 2. The molecule has 0 aliphatic rings. The van der Waals surface area contributed by atoms with E-state index < -0.39 is 0 Å². The summed E-state index contributed by atoms with van der Waals surface area (Å²) in [5.41, 5.74) is -0.165. The Kier molecular flexibility index (Phi) is 3.31. The van der Waals surface area contributed by atoms with Crippen molar-refractivity contribution in [3.8, 4) is 12.3 Å². The fraction of sp³-hybridized carbons (Fsp3) is 0.250. The number of hydrogen-bond donors (Lipinski definition) is 2. The zero-order chi connectivity index (χ0) is 9.84. The molecule has 1 heterocycles. The summed E-state index contributed by atoms with van der Waals surface area (Å²) < 4.78 is 0.516. The van der Waals surface area contributed by atoms with E-state index in [0.29, 0.717) is 9.39 Å². The Morgan fingerprint density at radius 3 is 3.15 bits per heavy atom. The van der Waals surface area contributed by atoms with E-state index in [4.69, 9.17) is 6.42 Å². The summed E-state index contributed by atoms with van der Waals surface area (Å²) >= 11 is 1.92. The van der Waals surface area contributed by atoms with Gasteiger partial charge < -0.3 is 10.3 Å². The summed E-state index contributed by atoms with van der Waals surface area (Å²) in [6, 6.07) is -0.136. The average Bonchev–Trinajstić information content (AvgIpc) is 2.13. The van der Waals surface area contributed by atoms with Gasteiger partial charge in [0.05, 0.1) is 12.4 Å². The van der Waals surface area contributed by atoms with Crippen LogP contribution in [-0.2, 0) is 0 Å². The maximum Gasteiger partial charge on any atom is 0.266 e. The molecule has 0 radical (unpaired) electrons. The van der Waals surface area contributed by atoms with Gasteiger partial charge in [-0.25, -0.2) is 4.98 Å². The van der Waals surface area contributed by atoms with Crippen molar-refractivity contribution >= 4 is 28.4 Å². The number of aromatic amines is 1. The van der Waals surface area contributed by atoms with Crippen molar-refractivity contribution < 1.29 is 0 Å². The van der Waals surface area contributed by atoms with Gasteiger partial charge in [0.25, 0.3) is 5.56 Å². The van der Waals surface area contributed by atoms with Gasteiger partial charge in [-0.05, 0) is 29.5 Å². The highest BCUT2D eigenvalue weighted by atomic mass is 127. The molecule has 0 aromatic carbocycles. The molecule has 0 saturated heterocycles. The van der Waals surface area contributed by atoms with E-state index >= 15 is 0 Å². The SMILES string of the molecule is C#CC(C)Nc1nc[nH]c(=O)c1I. The summed E-state index contributed by atoms with van der Waals surface area (Å²) in [4.78, 5) is 17.5. The third-order valence-electron chi connectivity index (χ3n) is 1.40. The normalized spacial score (nSPS) is 11.8. The number of anilines is 1. The lowest BCUT2D eigenvalue weighted by atomic mass is 10.3. The van der Waals surface area contributed by atoms with E-state index in [-0.39, 0.29) is 11.6 Å². The molecule has 4 nitrogen and oxygen atoms in total. The van der Waals surface area contributed by atoms with Crippen LogP contribution in [0.5, 0.6) is 0 Å². The van der Waals surface area contributed by atoms with Crippen LogP contribution in [0, 0.1) is 15.9 Å². The van der Waals surface area contributed by atoms with Crippen molar-refractivity contribution in [3.63, 3.8) is 0 Å². The standard InChI is InChI=1S/C8H8IN3O/c1-3-5(2)12-7-6(9)8(13)11-4-10-7/h1,4-5H,2H3,(H2,10,11,12,13). The smallest absolute Gasteiger partial charge is 0.266 e. The minimum Gasteiger partial charge on any atom is -0.356 e. The lowest BCUT2D eigenvalue weighted by Crippen LogP contribution is -2.19. The van der Waals surface area contributed by atoms with Crippen LogP contribution in [-0.4, -0.2) is 16.0 Å². The topological polar surface area (TPSA) is 57.8 Å². The number of halogens is 1. The van der Waals surface area contributed by atoms with Crippen molar-refractivity contribution in [2.75, 3.05) is 5.32 Å². The Balaban J connectivity index is 2.97. The highest BCUT2D eigenvalue weighted by molar-refractivity contribution is 14.1. The van der Waals surface area contributed by atoms with Gasteiger partial charge in [0.2, 0.25) is 0 Å². The third kappa shape index (κ3) is 2.45. The Bertz CT molecular complexity index is 393. The maximum atomic E-state index is 11.1. The Morgan fingerprint density at radius 1 is 1.85 bits per heavy atom. The molecule has 0 aliphatic carbocycles. The molecule has 1 rings (SSSR count). The summed E-state index contributed by atoms with van der Waals surface area (Å²) in [6.07, 6.45) is 6.52. The number of H-pyrrole nitrogens is 1.